The highest BCUT2D eigenvalue weighted by Gasteiger charge is 2.21. The van der Waals surface area contributed by atoms with Gasteiger partial charge in [0.2, 0.25) is 11.8 Å². The number of benzene rings is 2. The van der Waals surface area contributed by atoms with Crippen LogP contribution in [0.3, 0.4) is 0 Å². The number of carbonyl (C=O) groups is 1. The van der Waals surface area contributed by atoms with Crippen LogP contribution in [0.15, 0.2) is 52.9 Å². The van der Waals surface area contributed by atoms with Gasteiger partial charge in [0.05, 0.1) is 10.6 Å². The van der Waals surface area contributed by atoms with E-state index in [0.717, 1.165) is 0 Å². The highest BCUT2D eigenvalue weighted by Crippen LogP contribution is 2.26. The van der Waals surface area contributed by atoms with Crippen molar-refractivity contribution in [2.75, 3.05) is 5.32 Å². The van der Waals surface area contributed by atoms with Gasteiger partial charge in [-0.15, -0.1) is 10.2 Å². The molecule has 3 aromatic rings. The van der Waals surface area contributed by atoms with Crippen LogP contribution < -0.4 is 5.32 Å². The molecule has 2 amide bonds. The van der Waals surface area contributed by atoms with Gasteiger partial charge in [-0.3, -0.25) is 0 Å². The lowest BCUT2D eigenvalue weighted by molar-refractivity contribution is 0.186. The van der Waals surface area contributed by atoms with Gasteiger partial charge in [0, 0.05) is 16.8 Å². The summed E-state index contributed by atoms with van der Waals surface area (Å²) in [7, 11) is 0. The van der Waals surface area contributed by atoms with Crippen LogP contribution in [0.25, 0.3) is 11.5 Å². The zero-order valence-corrected chi connectivity index (χ0v) is 16.3. The predicted octanol–water partition coefficient (Wildman–Crippen LogP) is 5.49. The summed E-state index contributed by atoms with van der Waals surface area (Å²) in [6.07, 6.45) is 0. The Balaban J connectivity index is 1.75. The van der Waals surface area contributed by atoms with Crippen LogP contribution >= 0.6 is 23.2 Å². The van der Waals surface area contributed by atoms with Gasteiger partial charge in [-0.25, -0.2) is 4.79 Å². The summed E-state index contributed by atoms with van der Waals surface area (Å²) < 4.78 is 5.70. The molecule has 1 heterocycles. The van der Waals surface area contributed by atoms with Crippen molar-refractivity contribution in [3.8, 4) is 11.5 Å². The maximum atomic E-state index is 12.7. The number of hydrogen-bond donors (Lipinski definition) is 1. The van der Waals surface area contributed by atoms with Crippen LogP contribution in [0.2, 0.25) is 10.0 Å². The molecule has 0 bridgehead atoms. The van der Waals surface area contributed by atoms with Crippen molar-refractivity contribution in [1.29, 1.82) is 0 Å². The smallest absolute Gasteiger partial charge is 0.322 e. The summed E-state index contributed by atoms with van der Waals surface area (Å²) in [6.45, 7) is 3.98. The summed E-state index contributed by atoms with van der Waals surface area (Å²) in [5, 5.41) is 12.0. The summed E-state index contributed by atoms with van der Waals surface area (Å²) in [5.41, 5.74) is 1.26. The molecule has 0 fully saturated rings. The second-order valence-electron chi connectivity index (χ2n) is 6.14. The molecule has 1 aromatic heterocycles. The van der Waals surface area contributed by atoms with Crippen LogP contribution in [0, 0.1) is 0 Å². The molecule has 140 valence electrons. The van der Waals surface area contributed by atoms with Crippen molar-refractivity contribution < 1.29 is 9.21 Å². The van der Waals surface area contributed by atoms with Crippen LogP contribution in [0.1, 0.15) is 19.7 Å². The number of nitrogens with one attached hydrogen (secondary N) is 1. The highest BCUT2D eigenvalue weighted by molar-refractivity contribution is 6.33. The number of urea groups is 1. The van der Waals surface area contributed by atoms with Crippen LogP contribution in [-0.4, -0.2) is 27.2 Å². The lowest BCUT2D eigenvalue weighted by Gasteiger charge is -2.25. The molecular weight excluding hydrogens is 387 g/mol. The molecular formula is C19H18Cl2N4O2. The molecule has 0 unspecified atom stereocenters. The zero-order valence-electron chi connectivity index (χ0n) is 14.8. The SMILES string of the molecule is CC(C)N(Cc1nnc(-c2ccccc2Cl)o1)C(=O)Nc1cccc(Cl)c1. The first kappa shape index (κ1) is 19.2. The minimum atomic E-state index is -0.287. The highest BCUT2D eigenvalue weighted by atomic mass is 35.5. The van der Waals surface area contributed by atoms with Gasteiger partial charge in [0.1, 0.15) is 6.54 Å². The molecule has 1 N–H and O–H groups in total. The monoisotopic (exact) mass is 404 g/mol. The Labute approximate surface area is 167 Å². The summed E-state index contributed by atoms with van der Waals surface area (Å²) >= 11 is 12.1. The van der Waals surface area contributed by atoms with Crippen molar-refractivity contribution in [1.82, 2.24) is 15.1 Å². The average Bonchev–Trinajstić information content (AvgIpc) is 3.08. The second kappa shape index (κ2) is 8.41. The normalized spacial score (nSPS) is 10.9. The fourth-order valence-electron chi connectivity index (χ4n) is 2.46. The second-order valence-corrected chi connectivity index (χ2v) is 6.99. The van der Waals surface area contributed by atoms with E-state index in [-0.39, 0.29) is 18.6 Å². The molecule has 0 atom stereocenters. The molecule has 0 aliphatic rings. The van der Waals surface area contributed by atoms with Crippen LogP contribution in [-0.2, 0) is 6.54 Å². The Morgan fingerprint density at radius 3 is 2.63 bits per heavy atom. The molecule has 3 rings (SSSR count). The molecule has 0 saturated carbocycles. The van der Waals surface area contributed by atoms with Crippen molar-refractivity contribution in [3.05, 3.63) is 64.5 Å². The topological polar surface area (TPSA) is 71.3 Å². The summed E-state index contributed by atoms with van der Waals surface area (Å²) in [5.74, 6) is 0.634. The molecule has 0 aliphatic carbocycles. The van der Waals surface area contributed by atoms with Crippen LogP contribution in [0.4, 0.5) is 10.5 Å². The van der Waals surface area contributed by atoms with Gasteiger partial charge in [0.15, 0.2) is 0 Å². The minimum Gasteiger partial charge on any atom is -0.419 e. The molecule has 2 aromatic carbocycles. The third-order valence-electron chi connectivity index (χ3n) is 3.84. The van der Waals surface area contributed by atoms with Crippen LogP contribution in [0.5, 0.6) is 0 Å². The molecule has 0 radical (unpaired) electrons. The van der Waals surface area contributed by atoms with Crippen molar-refractivity contribution in [2.45, 2.75) is 26.4 Å². The number of aromatic nitrogens is 2. The number of halogens is 2. The van der Waals surface area contributed by atoms with Gasteiger partial charge in [-0.05, 0) is 44.2 Å². The van der Waals surface area contributed by atoms with Gasteiger partial charge >= 0.3 is 6.03 Å². The lowest BCUT2D eigenvalue weighted by atomic mass is 10.2. The van der Waals surface area contributed by atoms with E-state index < -0.39 is 0 Å². The van der Waals surface area contributed by atoms with E-state index in [0.29, 0.717) is 33.1 Å². The molecule has 0 aliphatic heterocycles. The summed E-state index contributed by atoms with van der Waals surface area (Å²) in [4.78, 5) is 14.2. The Hall–Kier alpha value is -2.57. The maximum Gasteiger partial charge on any atom is 0.322 e. The number of carbonyl (C=O) groups excluding carboxylic acids is 1. The van der Waals surface area contributed by atoms with Gasteiger partial charge in [-0.2, -0.15) is 0 Å². The Morgan fingerprint density at radius 1 is 1.15 bits per heavy atom. The molecule has 8 heteroatoms. The summed E-state index contributed by atoms with van der Waals surface area (Å²) in [6, 6.07) is 13.8. The molecule has 27 heavy (non-hydrogen) atoms. The number of nitrogens with zero attached hydrogens (tertiary/aromatic N) is 3. The number of anilines is 1. The van der Waals surface area contributed by atoms with E-state index in [4.69, 9.17) is 27.6 Å². The van der Waals surface area contributed by atoms with Crippen molar-refractivity contribution in [2.24, 2.45) is 0 Å². The van der Waals surface area contributed by atoms with Gasteiger partial charge in [0.25, 0.3) is 0 Å². The Morgan fingerprint density at radius 2 is 1.93 bits per heavy atom. The third kappa shape index (κ3) is 4.78. The standard InChI is InChI=1S/C19H18Cl2N4O2/c1-12(2)25(19(26)22-14-7-5-6-13(20)10-14)11-17-23-24-18(27-17)15-8-3-4-9-16(15)21/h3-10,12H,11H2,1-2H3,(H,22,26). The van der Waals surface area contributed by atoms with Gasteiger partial charge < -0.3 is 14.6 Å². The quantitative estimate of drug-likeness (QED) is 0.610. The van der Waals surface area contributed by atoms with E-state index >= 15 is 0 Å². The predicted molar refractivity (Wildman–Crippen MR) is 106 cm³/mol. The fraction of sp³-hybridized carbons (Fsp3) is 0.211. The number of amides is 2. The zero-order chi connectivity index (χ0) is 19.4. The number of rotatable bonds is 5. The Bertz CT molecular complexity index is 943. The fourth-order valence-corrected chi connectivity index (χ4v) is 2.86. The first-order valence-corrected chi connectivity index (χ1v) is 9.10. The van der Waals surface area contributed by atoms with E-state index in [1.807, 2.05) is 26.0 Å². The van der Waals surface area contributed by atoms with E-state index in [1.54, 1.807) is 41.3 Å². The van der Waals surface area contributed by atoms with E-state index in [2.05, 4.69) is 15.5 Å². The Kier molecular flexibility index (Phi) is 5.98. The van der Waals surface area contributed by atoms with Crippen molar-refractivity contribution in [3.63, 3.8) is 0 Å². The third-order valence-corrected chi connectivity index (χ3v) is 4.40. The molecule has 0 saturated heterocycles. The number of hydrogen-bond acceptors (Lipinski definition) is 4. The first-order chi connectivity index (χ1) is 12.9. The average molecular weight is 405 g/mol. The van der Waals surface area contributed by atoms with Crippen molar-refractivity contribution >= 4 is 34.9 Å². The molecule has 6 nitrogen and oxygen atoms in total. The lowest BCUT2D eigenvalue weighted by Crippen LogP contribution is -2.39. The van der Waals surface area contributed by atoms with E-state index in [9.17, 15) is 4.79 Å². The largest absolute Gasteiger partial charge is 0.419 e. The van der Waals surface area contributed by atoms with E-state index in [1.165, 1.54) is 0 Å². The van der Waals surface area contributed by atoms with Gasteiger partial charge in [-0.1, -0.05) is 41.4 Å². The first-order valence-electron chi connectivity index (χ1n) is 8.34. The molecule has 0 spiro atoms. The minimum absolute atomic E-state index is 0.0835. The maximum absolute atomic E-state index is 12.7.